The highest BCUT2D eigenvalue weighted by Gasteiger charge is 2.28. The molecule has 1 aliphatic rings. The van der Waals surface area contributed by atoms with E-state index >= 15 is 0 Å². The third-order valence-electron chi connectivity index (χ3n) is 4.19. The van der Waals surface area contributed by atoms with Gasteiger partial charge in [-0.1, -0.05) is 29.8 Å². The second-order valence-corrected chi connectivity index (χ2v) is 7.46. The quantitative estimate of drug-likeness (QED) is 0.594. The standard InChI is InChI=1S/C20H21N3O3S/c1-13-6-7-14(2)17(8-13)27-12-18(24)22-16-5-3-4-15(9-16)11-23-19(25)10-21-20(23)26/h3-9H,10-12H2,1-2H3,(H,21,26)(H,22,24). The number of nitrogens with zero attached hydrogens (tertiary/aromatic N) is 1. The first kappa shape index (κ1) is 19.0. The molecule has 0 atom stereocenters. The van der Waals surface area contributed by atoms with Crippen LogP contribution >= 0.6 is 11.8 Å². The largest absolute Gasteiger partial charge is 0.329 e. The number of hydrogen-bond acceptors (Lipinski definition) is 4. The van der Waals surface area contributed by atoms with Gasteiger partial charge in [0.25, 0.3) is 0 Å². The second kappa shape index (κ2) is 8.26. The first-order valence-corrected chi connectivity index (χ1v) is 9.58. The van der Waals surface area contributed by atoms with Gasteiger partial charge in [-0.15, -0.1) is 11.8 Å². The fraction of sp³-hybridized carbons (Fsp3) is 0.250. The Labute approximate surface area is 162 Å². The smallest absolute Gasteiger partial charge is 0.324 e. The fourth-order valence-electron chi connectivity index (χ4n) is 2.75. The van der Waals surface area contributed by atoms with Crippen molar-refractivity contribution in [1.82, 2.24) is 10.2 Å². The lowest BCUT2D eigenvalue weighted by atomic mass is 10.2. The molecule has 0 radical (unpaired) electrons. The van der Waals surface area contributed by atoms with Gasteiger partial charge in [0.2, 0.25) is 11.8 Å². The van der Waals surface area contributed by atoms with Crippen molar-refractivity contribution >= 4 is 35.3 Å². The number of thioether (sulfide) groups is 1. The molecule has 0 bridgehead atoms. The van der Waals surface area contributed by atoms with Crippen molar-refractivity contribution in [2.24, 2.45) is 0 Å². The molecule has 2 N–H and O–H groups in total. The predicted molar refractivity (Wildman–Crippen MR) is 106 cm³/mol. The highest BCUT2D eigenvalue weighted by molar-refractivity contribution is 8.00. The van der Waals surface area contributed by atoms with Crippen LogP contribution in [0.1, 0.15) is 16.7 Å². The molecule has 2 aromatic carbocycles. The molecule has 3 rings (SSSR count). The summed E-state index contributed by atoms with van der Waals surface area (Å²) >= 11 is 1.50. The van der Waals surface area contributed by atoms with Crippen LogP contribution in [-0.4, -0.2) is 35.0 Å². The van der Waals surface area contributed by atoms with Gasteiger partial charge in [0, 0.05) is 10.6 Å². The van der Waals surface area contributed by atoms with E-state index in [0.29, 0.717) is 11.4 Å². The summed E-state index contributed by atoms with van der Waals surface area (Å²) in [5.74, 6) is -0.0472. The highest BCUT2D eigenvalue weighted by Crippen LogP contribution is 2.24. The maximum absolute atomic E-state index is 12.3. The maximum Gasteiger partial charge on any atom is 0.324 e. The molecule has 1 fully saturated rings. The van der Waals surface area contributed by atoms with Crippen LogP contribution in [0, 0.1) is 13.8 Å². The van der Waals surface area contributed by atoms with Crippen LogP contribution in [-0.2, 0) is 16.1 Å². The summed E-state index contributed by atoms with van der Waals surface area (Å²) in [6.07, 6.45) is 0. The molecular weight excluding hydrogens is 362 g/mol. The van der Waals surface area contributed by atoms with E-state index in [1.807, 2.05) is 19.9 Å². The molecule has 4 amide bonds. The molecule has 140 valence electrons. The van der Waals surface area contributed by atoms with Gasteiger partial charge in [-0.05, 0) is 43.2 Å². The van der Waals surface area contributed by atoms with Crippen molar-refractivity contribution in [3.63, 3.8) is 0 Å². The second-order valence-electron chi connectivity index (χ2n) is 6.44. The van der Waals surface area contributed by atoms with Gasteiger partial charge >= 0.3 is 6.03 Å². The van der Waals surface area contributed by atoms with Crippen LogP contribution in [0.5, 0.6) is 0 Å². The van der Waals surface area contributed by atoms with Crippen molar-refractivity contribution in [3.8, 4) is 0 Å². The zero-order chi connectivity index (χ0) is 19.4. The van der Waals surface area contributed by atoms with Gasteiger partial charge in [-0.2, -0.15) is 0 Å². The topological polar surface area (TPSA) is 78.5 Å². The van der Waals surface area contributed by atoms with Crippen molar-refractivity contribution < 1.29 is 14.4 Å². The van der Waals surface area contributed by atoms with Crippen molar-refractivity contribution in [2.75, 3.05) is 17.6 Å². The SMILES string of the molecule is Cc1ccc(C)c(SCC(=O)Nc2cccc(CN3C(=O)CNC3=O)c2)c1. The lowest BCUT2D eigenvalue weighted by Crippen LogP contribution is -2.30. The van der Waals surface area contributed by atoms with E-state index in [1.165, 1.54) is 11.8 Å². The Bertz CT molecular complexity index is 882. The molecule has 7 heteroatoms. The van der Waals surface area contributed by atoms with Gasteiger partial charge < -0.3 is 10.6 Å². The van der Waals surface area contributed by atoms with E-state index in [9.17, 15) is 14.4 Å². The lowest BCUT2D eigenvalue weighted by molar-refractivity contribution is -0.125. The number of urea groups is 1. The number of carbonyl (C=O) groups excluding carboxylic acids is 3. The molecule has 0 saturated carbocycles. The van der Waals surface area contributed by atoms with E-state index in [2.05, 4.69) is 28.8 Å². The molecule has 0 aliphatic carbocycles. The first-order chi connectivity index (χ1) is 12.9. The molecule has 1 saturated heterocycles. The van der Waals surface area contributed by atoms with Gasteiger partial charge in [0.05, 0.1) is 18.8 Å². The first-order valence-electron chi connectivity index (χ1n) is 8.59. The van der Waals surface area contributed by atoms with Gasteiger partial charge in [-0.3, -0.25) is 14.5 Å². The van der Waals surface area contributed by atoms with Crippen LogP contribution in [0.3, 0.4) is 0 Å². The van der Waals surface area contributed by atoms with Crippen molar-refractivity contribution in [3.05, 3.63) is 59.2 Å². The van der Waals surface area contributed by atoms with Crippen molar-refractivity contribution in [1.29, 1.82) is 0 Å². The highest BCUT2D eigenvalue weighted by atomic mass is 32.2. The lowest BCUT2D eigenvalue weighted by Gasteiger charge is -2.13. The predicted octanol–water partition coefficient (Wildman–Crippen LogP) is 3.09. The van der Waals surface area contributed by atoms with Crippen LogP contribution in [0.25, 0.3) is 0 Å². The summed E-state index contributed by atoms with van der Waals surface area (Å²) in [6.45, 7) is 4.27. The average molecular weight is 383 g/mol. The third-order valence-corrected chi connectivity index (χ3v) is 5.35. The Kier molecular flexibility index (Phi) is 5.81. The van der Waals surface area contributed by atoms with Gasteiger partial charge in [0.15, 0.2) is 0 Å². The number of amides is 4. The number of imide groups is 1. The van der Waals surface area contributed by atoms with E-state index in [1.54, 1.807) is 18.2 Å². The van der Waals surface area contributed by atoms with E-state index in [4.69, 9.17) is 0 Å². The van der Waals surface area contributed by atoms with E-state index < -0.39 is 0 Å². The molecule has 27 heavy (non-hydrogen) atoms. The molecule has 6 nitrogen and oxygen atoms in total. The molecular formula is C20H21N3O3S. The number of benzene rings is 2. The van der Waals surface area contributed by atoms with Crippen LogP contribution in [0.2, 0.25) is 0 Å². The summed E-state index contributed by atoms with van der Waals surface area (Å²) in [4.78, 5) is 37.9. The summed E-state index contributed by atoms with van der Waals surface area (Å²) < 4.78 is 0. The summed E-state index contributed by atoms with van der Waals surface area (Å²) in [6, 6.07) is 13.0. The third kappa shape index (κ3) is 4.89. The van der Waals surface area contributed by atoms with Crippen molar-refractivity contribution in [2.45, 2.75) is 25.3 Å². The summed E-state index contributed by atoms with van der Waals surface area (Å²) in [7, 11) is 0. The minimum atomic E-state index is -0.389. The molecule has 0 aromatic heterocycles. The summed E-state index contributed by atoms with van der Waals surface area (Å²) in [5.41, 5.74) is 3.73. The van der Waals surface area contributed by atoms with Gasteiger partial charge in [0.1, 0.15) is 0 Å². The number of nitrogens with one attached hydrogen (secondary N) is 2. The zero-order valence-electron chi connectivity index (χ0n) is 15.2. The number of hydrogen-bond donors (Lipinski definition) is 2. The van der Waals surface area contributed by atoms with Crippen LogP contribution < -0.4 is 10.6 Å². The van der Waals surface area contributed by atoms with Crippen LogP contribution in [0.15, 0.2) is 47.4 Å². The Morgan fingerprint density at radius 2 is 2.00 bits per heavy atom. The minimum absolute atomic E-state index is 0.0326. The van der Waals surface area contributed by atoms with E-state index in [0.717, 1.165) is 26.5 Å². The molecule has 2 aromatic rings. The number of aryl methyl sites for hydroxylation is 2. The summed E-state index contributed by atoms with van der Waals surface area (Å²) in [5, 5.41) is 5.36. The zero-order valence-corrected chi connectivity index (χ0v) is 16.1. The fourth-order valence-corrected chi connectivity index (χ4v) is 3.67. The molecule has 1 aliphatic heterocycles. The monoisotopic (exact) mass is 383 g/mol. The Morgan fingerprint density at radius 3 is 2.74 bits per heavy atom. The number of carbonyl (C=O) groups is 3. The molecule has 0 unspecified atom stereocenters. The molecule has 0 spiro atoms. The normalized spacial score (nSPS) is 13.6. The number of rotatable bonds is 6. The Balaban J connectivity index is 1.59. The average Bonchev–Trinajstić information content (AvgIpc) is 2.95. The maximum atomic E-state index is 12.3. The van der Waals surface area contributed by atoms with E-state index in [-0.39, 0.29) is 30.9 Å². The van der Waals surface area contributed by atoms with Gasteiger partial charge in [-0.25, -0.2) is 4.79 Å². The number of anilines is 1. The van der Waals surface area contributed by atoms with Crippen LogP contribution in [0.4, 0.5) is 10.5 Å². The minimum Gasteiger partial charge on any atom is -0.329 e. The Hall–Kier alpha value is -2.80. The molecule has 1 heterocycles. The Morgan fingerprint density at radius 1 is 1.19 bits per heavy atom.